The highest BCUT2D eigenvalue weighted by Gasteiger charge is 2.37. The number of aromatic nitrogens is 3. The third-order valence-corrected chi connectivity index (χ3v) is 5.26. The van der Waals surface area contributed by atoms with Crippen molar-refractivity contribution in [3.8, 4) is 11.5 Å². The van der Waals surface area contributed by atoms with Gasteiger partial charge in [0.1, 0.15) is 5.69 Å². The smallest absolute Gasteiger partial charge is 0.181 e. The van der Waals surface area contributed by atoms with E-state index in [1.54, 1.807) is 12.3 Å². The Morgan fingerprint density at radius 3 is 2.61 bits per heavy atom. The van der Waals surface area contributed by atoms with E-state index >= 15 is 0 Å². The molecule has 0 amide bonds. The molecule has 5 rings (SSSR count). The first-order chi connectivity index (χ1) is 13.7. The Morgan fingerprint density at radius 2 is 1.86 bits per heavy atom. The Bertz CT molecular complexity index is 1170. The van der Waals surface area contributed by atoms with Gasteiger partial charge in [-0.1, -0.05) is 48.6 Å². The quantitative estimate of drug-likeness (QED) is 0.554. The van der Waals surface area contributed by atoms with Gasteiger partial charge in [0.2, 0.25) is 0 Å². The van der Waals surface area contributed by atoms with E-state index in [1.807, 2.05) is 42.5 Å². The van der Waals surface area contributed by atoms with Crippen LogP contribution in [0.4, 0.5) is 8.78 Å². The lowest BCUT2D eigenvalue weighted by Gasteiger charge is -2.34. The Hall–Kier alpha value is -3.54. The van der Waals surface area contributed by atoms with Gasteiger partial charge in [-0.2, -0.15) is 5.10 Å². The van der Waals surface area contributed by atoms with E-state index in [9.17, 15) is 8.78 Å². The van der Waals surface area contributed by atoms with Gasteiger partial charge in [0, 0.05) is 23.1 Å². The first-order valence-corrected chi connectivity index (χ1v) is 8.84. The Morgan fingerprint density at radius 1 is 1.00 bits per heavy atom. The SMILES string of the molecule is Fc1ccc(C2(c3ccccc3)C=Cc3c(-c4cnco4)n[nH]c3C2)cc1F. The highest BCUT2D eigenvalue weighted by molar-refractivity contribution is 5.74. The molecule has 28 heavy (non-hydrogen) atoms. The lowest BCUT2D eigenvalue weighted by Crippen LogP contribution is -2.30. The number of nitrogens with zero attached hydrogens (tertiary/aromatic N) is 2. The highest BCUT2D eigenvalue weighted by Crippen LogP contribution is 2.43. The first kappa shape index (κ1) is 16.6. The van der Waals surface area contributed by atoms with Gasteiger partial charge >= 0.3 is 0 Å². The average Bonchev–Trinajstić information content (AvgIpc) is 3.39. The summed E-state index contributed by atoms with van der Waals surface area (Å²) in [4.78, 5) is 3.95. The number of aromatic amines is 1. The summed E-state index contributed by atoms with van der Waals surface area (Å²) < 4.78 is 33.0. The van der Waals surface area contributed by atoms with E-state index in [-0.39, 0.29) is 0 Å². The monoisotopic (exact) mass is 375 g/mol. The van der Waals surface area contributed by atoms with Crippen LogP contribution in [0.15, 0.2) is 71.6 Å². The van der Waals surface area contributed by atoms with Crippen molar-refractivity contribution in [2.24, 2.45) is 0 Å². The summed E-state index contributed by atoms with van der Waals surface area (Å²) >= 11 is 0. The van der Waals surface area contributed by atoms with Crippen LogP contribution >= 0.6 is 0 Å². The van der Waals surface area contributed by atoms with Gasteiger partial charge in [0.05, 0.1) is 6.20 Å². The molecule has 6 heteroatoms. The predicted octanol–water partition coefficient (Wildman–Crippen LogP) is 4.90. The van der Waals surface area contributed by atoms with Crippen molar-refractivity contribution in [1.29, 1.82) is 0 Å². The summed E-state index contributed by atoms with van der Waals surface area (Å²) in [6, 6.07) is 13.9. The summed E-state index contributed by atoms with van der Waals surface area (Å²) in [5, 5.41) is 7.46. The zero-order valence-electron chi connectivity index (χ0n) is 14.7. The van der Waals surface area contributed by atoms with E-state index in [0.29, 0.717) is 23.4 Å². The van der Waals surface area contributed by atoms with E-state index in [1.165, 1.54) is 18.5 Å². The van der Waals surface area contributed by atoms with E-state index in [4.69, 9.17) is 4.42 Å². The molecule has 1 unspecified atom stereocenters. The molecular formula is C22H15F2N3O. The zero-order valence-corrected chi connectivity index (χ0v) is 14.7. The summed E-state index contributed by atoms with van der Waals surface area (Å²) in [5.74, 6) is -1.15. The van der Waals surface area contributed by atoms with Gasteiger partial charge in [0.25, 0.3) is 0 Å². The maximum absolute atomic E-state index is 14.1. The Balaban J connectivity index is 1.68. The van der Waals surface area contributed by atoms with Crippen LogP contribution in [-0.2, 0) is 11.8 Å². The topological polar surface area (TPSA) is 54.7 Å². The van der Waals surface area contributed by atoms with Gasteiger partial charge in [-0.15, -0.1) is 0 Å². The van der Waals surface area contributed by atoms with Crippen molar-refractivity contribution in [1.82, 2.24) is 15.2 Å². The van der Waals surface area contributed by atoms with Crippen molar-refractivity contribution >= 4 is 6.08 Å². The molecule has 0 aliphatic heterocycles. The van der Waals surface area contributed by atoms with Gasteiger partial charge in [-0.3, -0.25) is 5.10 Å². The normalized spacial score (nSPS) is 18.2. The van der Waals surface area contributed by atoms with Gasteiger partial charge in [0.15, 0.2) is 23.8 Å². The molecule has 138 valence electrons. The second kappa shape index (κ2) is 6.27. The number of oxazole rings is 1. The average molecular weight is 375 g/mol. The third kappa shape index (κ3) is 2.49. The van der Waals surface area contributed by atoms with Crippen LogP contribution in [-0.4, -0.2) is 15.2 Å². The van der Waals surface area contributed by atoms with Crippen molar-refractivity contribution in [2.75, 3.05) is 0 Å². The summed E-state index contributed by atoms with van der Waals surface area (Å²) in [6.07, 6.45) is 7.47. The summed E-state index contributed by atoms with van der Waals surface area (Å²) in [6.45, 7) is 0. The van der Waals surface area contributed by atoms with E-state index in [0.717, 1.165) is 16.8 Å². The minimum absolute atomic E-state index is 0.523. The van der Waals surface area contributed by atoms with Crippen LogP contribution in [0.3, 0.4) is 0 Å². The molecule has 0 saturated carbocycles. The molecule has 2 aromatic carbocycles. The van der Waals surface area contributed by atoms with Gasteiger partial charge in [-0.05, 0) is 23.3 Å². The molecule has 0 bridgehead atoms. The minimum atomic E-state index is -0.862. The van der Waals surface area contributed by atoms with Crippen LogP contribution in [0.25, 0.3) is 17.5 Å². The molecule has 0 fully saturated rings. The lowest BCUT2D eigenvalue weighted by atomic mass is 9.68. The lowest BCUT2D eigenvalue weighted by molar-refractivity contribution is 0.502. The first-order valence-electron chi connectivity index (χ1n) is 8.84. The van der Waals surface area contributed by atoms with Gasteiger partial charge < -0.3 is 4.42 Å². The summed E-state index contributed by atoms with van der Waals surface area (Å²) in [7, 11) is 0. The number of allylic oxidation sites excluding steroid dienone is 1. The number of nitrogens with one attached hydrogen (secondary N) is 1. The molecule has 2 aromatic heterocycles. The maximum atomic E-state index is 14.1. The largest absolute Gasteiger partial charge is 0.442 e. The number of benzene rings is 2. The van der Waals surface area contributed by atoms with E-state index in [2.05, 4.69) is 15.2 Å². The van der Waals surface area contributed by atoms with Crippen LogP contribution in [0.1, 0.15) is 22.4 Å². The van der Waals surface area contributed by atoms with Crippen molar-refractivity contribution in [2.45, 2.75) is 11.8 Å². The maximum Gasteiger partial charge on any atom is 0.181 e. The van der Waals surface area contributed by atoms with Crippen molar-refractivity contribution in [3.05, 3.63) is 101 Å². The molecule has 1 aliphatic rings. The Labute approximate surface area is 159 Å². The number of fused-ring (bicyclic) bond motifs is 1. The third-order valence-electron chi connectivity index (χ3n) is 5.26. The molecule has 2 heterocycles. The second-order valence-corrected chi connectivity index (χ2v) is 6.81. The molecular weight excluding hydrogens is 360 g/mol. The van der Waals surface area contributed by atoms with Crippen LogP contribution < -0.4 is 0 Å². The molecule has 4 nitrogen and oxygen atoms in total. The second-order valence-electron chi connectivity index (χ2n) is 6.81. The van der Waals surface area contributed by atoms with Crippen LogP contribution in [0.5, 0.6) is 0 Å². The molecule has 1 N–H and O–H groups in total. The number of H-pyrrole nitrogens is 1. The van der Waals surface area contributed by atoms with Crippen LogP contribution in [0, 0.1) is 11.6 Å². The highest BCUT2D eigenvalue weighted by atomic mass is 19.2. The molecule has 1 aliphatic carbocycles. The fourth-order valence-electron chi connectivity index (χ4n) is 3.86. The molecule has 0 saturated heterocycles. The molecule has 0 spiro atoms. The standard InChI is InChI=1S/C22H15F2N3O/c23-17-7-6-15(10-18(17)24)22(14-4-2-1-3-5-14)9-8-16-19(11-22)26-27-21(16)20-12-25-13-28-20/h1-10,12-13H,11H2,(H,26,27). The minimum Gasteiger partial charge on any atom is -0.442 e. The molecule has 4 aromatic rings. The number of rotatable bonds is 3. The van der Waals surface area contributed by atoms with E-state index < -0.39 is 17.0 Å². The number of halogens is 2. The Kier molecular flexibility index (Phi) is 3.72. The molecule has 0 radical (unpaired) electrons. The van der Waals surface area contributed by atoms with Crippen molar-refractivity contribution < 1.29 is 13.2 Å². The predicted molar refractivity (Wildman–Crippen MR) is 100 cm³/mol. The fraction of sp³-hybridized carbons (Fsp3) is 0.0909. The number of hydrogen-bond acceptors (Lipinski definition) is 3. The number of hydrogen-bond donors (Lipinski definition) is 1. The van der Waals surface area contributed by atoms with Crippen LogP contribution in [0.2, 0.25) is 0 Å². The van der Waals surface area contributed by atoms with Crippen molar-refractivity contribution in [3.63, 3.8) is 0 Å². The molecule has 1 atom stereocenters. The van der Waals surface area contributed by atoms with Gasteiger partial charge in [-0.25, -0.2) is 13.8 Å². The zero-order chi connectivity index (χ0) is 19.1. The fourth-order valence-corrected chi connectivity index (χ4v) is 3.86. The summed E-state index contributed by atoms with van der Waals surface area (Å²) in [5.41, 5.74) is 3.49.